The third kappa shape index (κ3) is 3.84. The molecule has 1 atom stereocenters. The van der Waals surface area contributed by atoms with Crippen molar-refractivity contribution in [1.82, 2.24) is 15.4 Å². The second-order valence-corrected chi connectivity index (χ2v) is 7.08. The Morgan fingerprint density at radius 1 is 1.18 bits per heavy atom. The highest BCUT2D eigenvalue weighted by Crippen LogP contribution is 2.45. The van der Waals surface area contributed by atoms with Crippen LogP contribution >= 0.6 is 11.8 Å². The normalized spacial score (nSPS) is 16.1. The van der Waals surface area contributed by atoms with Crippen molar-refractivity contribution in [3.63, 3.8) is 0 Å². The Labute approximate surface area is 167 Å². The lowest BCUT2D eigenvalue weighted by atomic mass is 10.1. The number of methoxy groups -OCH3 is 3. The standard InChI is InChI=1S/C19H21N3O5S/c1-11-5-6-12(9-20-11)18(24)21-22-16(23)10-28-19(22)13-7-14(25-2)17(27-4)15(8-13)26-3/h5-9,19H,10H2,1-4H3,(H,21,24). The first-order valence-corrected chi connectivity index (χ1v) is 9.50. The van der Waals surface area contributed by atoms with E-state index in [-0.39, 0.29) is 11.7 Å². The highest BCUT2D eigenvalue weighted by molar-refractivity contribution is 8.00. The van der Waals surface area contributed by atoms with Crippen LogP contribution in [0.3, 0.4) is 0 Å². The van der Waals surface area contributed by atoms with Gasteiger partial charge in [-0.15, -0.1) is 11.8 Å². The predicted molar refractivity (Wildman–Crippen MR) is 105 cm³/mol. The van der Waals surface area contributed by atoms with E-state index in [0.29, 0.717) is 22.8 Å². The summed E-state index contributed by atoms with van der Waals surface area (Å²) in [4.78, 5) is 29.1. The number of amides is 2. The molecule has 1 aliphatic rings. The van der Waals surface area contributed by atoms with E-state index in [4.69, 9.17) is 14.2 Å². The summed E-state index contributed by atoms with van der Waals surface area (Å²) in [5, 5.41) is 0.900. The van der Waals surface area contributed by atoms with Gasteiger partial charge in [0.15, 0.2) is 11.5 Å². The number of carbonyl (C=O) groups excluding carboxylic acids is 2. The fourth-order valence-corrected chi connectivity index (χ4v) is 3.90. The summed E-state index contributed by atoms with van der Waals surface area (Å²) in [6, 6.07) is 6.94. The van der Waals surface area contributed by atoms with Gasteiger partial charge in [0.05, 0.1) is 32.6 Å². The van der Waals surface area contributed by atoms with Crippen molar-refractivity contribution < 1.29 is 23.8 Å². The number of carbonyl (C=O) groups is 2. The molecule has 8 nitrogen and oxygen atoms in total. The van der Waals surface area contributed by atoms with Crippen molar-refractivity contribution in [3.8, 4) is 17.2 Å². The predicted octanol–water partition coefficient (Wildman–Crippen LogP) is 2.33. The minimum absolute atomic E-state index is 0.197. The van der Waals surface area contributed by atoms with Gasteiger partial charge in [-0.05, 0) is 36.8 Å². The van der Waals surface area contributed by atoms with Crippen molar-refractivity contribution in [3.05, 3.63) is 47.3 Å². The molecule has 1 aliphatic heterocycles. The number of pyridine rings is 1. The van der Waals surface area contributed by atoms with Gasteiger partial charge in [0, 0.05) is 11.9 Å². The van der Waals surface area contributed by atoms with E-state index in [9.17, 15) is 9.59 Å². The molecule has 1 unspecified atom stereocenters. The van der Waals surface area contributed by atoms with Crippen molar-refractivity contribution in [2.75, 3.05) is 27.1 Å². The summed E-state index contributed by atoms with van der Waals surface area (Å²) in [7, 11) is 4.58. The zero-order valence-corrected chi connectivity index (χ0v) is 16.8. The van der Waals surface area contributed by atoms with Crippen LogP contribution in [0.5, 0.6) is 17.2 Å². The molecule has 1 fully saturated rings. The van der Waals surface area contributed by atoms with Crippen LogP contribution in [0.4, 0.5) is 0 Å². The fourth-order valence-electron chi connectivity index (χ4n) is 2.81. The van der Waals surface area contributed by atoms with Gasteiger partial charge >= 0.3 is 0 Å². The Morgan fingerprint density at radius 2 is 1.86 bits per heavy atom. The molecule has 2 heterocycles. The summed E-state index contributed by atoms with van der Waals surface area (Å²) < 4.78 is 16.1. The zero-order valence-electron chi connectivity index (χ0n) is 16.0. The highest BCUT2D eigenvalue weighted by Gasteiger charge is 2.35. The van der Waals surface area contributed by atoms with E-state index >= 15 is 0 Å². The maximum atomic E-state index is 12.6. The average molecular weight is 403 g/mol. The van der Waals surface area contributed by atoms with Crippen LogP contribution in [0, 0.1) is 6.92 Å². The molecule has 2 amide bonds. The van der Waals surface area contributed by atoms with Gasteiger partial charge < -0.3 is 14.2 Å². The van der Waals surface area contributed by atoms with Crippen LogP contribution in [-0.2, 0) is 4.79 Å². The first-order valence-electron chi connectivity index (χ1n) is 8.45. The minimum Gasteiger partial charge on any atom is -0.493 e. The van der Waals surface area contributed by atoms with Gasteiger partial charge in [0.1, 0.15) is 5.37 Å². The van der Waals surface area contributed by atoms with Gasteiger partial charge in [-0.2, -0.15) is 0 Å². The Bertz CT molecular complexity index is 863. The second kappa shape index (κ2) is 8.39. The van der Waals surface area contributed by atoms with Gasteiger partial charge in [0.2, 0.25) is 5.75 Å². The van der Waals surface area contributed by atoms with E-state index in [1.54, 1.807) is 24.3 Å². The van der Waals surface area contributed by atoms with Crippen molar-refractivity contribution in [2.24, 2.45) is 0 Å². The number of ether oxygens (including phenoxy) is 3. The van der Waals surface area contributed by atoms with E-state index < -0.39 is 11.3 Å². The summed E-state index contributed by atoms with van der Waals surface area (Å²) in [5.74, 6) is 1.06. The first-order chi connectivity index (χ1) is 13.5. The summed E-state index contributed by atoms with van der Waals surface area (Å²) in [6.07, 6.45) is 1.48. The van der Waals surface area contributed by atoms with Gasteiger partial charge in [0.25, 0.3) is 11.8 Å². The Balaban J connectivity index is 1.90. The van der Waals surface area contributed by atoms with E-state index in [0.717, 1.165) is 11.3 Å². The van der Waals surface area contributed by atoms with Gasteiger partial charge in [-0.1, -0.05) is 0 Å². The van der Waals surface area contributed by atoms with E-state index in [1.807, 2.05) is 6.92 Å². The van der Waals surface area contributed by atoms with Gasteiger partial charge in [-0.25, -0.2) is 5.01 Å². The third-order valence-electron chi connectivity index (χ3n) is 4.24. The molecule has 0 radical (unpaired) electrons. The fraction of sp³-hybridized carbons (Fsp3) is 0.316. The summed E-state index contributed by atoms with van der Waals surface area (Å²) in [5.41, 5.74) is 4.61. The van der Waals surface area contributed by atoms with Gasteiger partial charge in [-0.3, -0.25) is 20.0 Å². The van der Waals surface area contributed by atoms with Crippen molar-refractivity contribution >= 4 is 23.6 Å². The SMILES string of the molecule is COc1cc(C2SCC(=O)N2NC(=O)c2ccc(C)nc2)cc(OC)c1OC. The molecular formula is C19H21N3O5S. The van der Waals surface area contributed by atoms with E-state index in [1.165, 1.54) is 44.3 Å². The number of benzene rings is 1. The minimum atomic E-state index is -0.427. The second-order valence-electron chi connectivity index (χ2n) is 6.01. The highest BCUT2D eigenvalue weighted by atomic mass is 32.2. The van der Waals surface area contributed by atoms with Crippen molar-refractivity contribution in [1.29, 1.82) is 0 Å². The van der Waals surface area contributed by atoms with Crippen LogP contribution in [0.1, 0.15) is 27.0 Å². The summed E-state index contributed by atoms with van der Waals surface area (Å²) >= 11 is 1.40. The molecule has 148 valence electrons. The quantitative estimate of drug-likeness (QED) is 0.792. The zero-order chi connectivity index (χ0) is 20.3. The molecule has 0 aliphatic carbocycles. The average Bonchev–Trinajstić information content (AvgIpc) is 3.07. The number of hydrogen-bond acceptors (Lipinski definition) is 7. The Morgan fingerprint density at radius 3 is 2.39 bits per heavy atom. The first kappa shape index (κ1) is 19.8. The molecule has 0 bridgehead atoms. The Hall–Kier alpha value is -2.94. The van der Waals surface area contributed by atoms with Crippen LogP contribution in [0.2, 0.25) is 0 Å². The molecule has 2 aromatic rings. The molecule has 1 saturated heterocycles. The third-order valence-corrected chi connectivity index (χ3v) is 5.45. The Kier molecular flexibility index (Phi) is 5.93. The number of aromatic nitrogens is 1. The number of nitrogens with one attached hydrogen (secondary N) is 1. The van der Waals surface area contributed by atoms with Crippen LogP contribution < -0.4 is 19.6 Å². The maximum Gasteiger partial charge on any atom is 0.271 e. The largest absolute Gasteiger partial charge is 0.493 e. The molecule has 1 aromatic heterocycles. The van der Waals surface area contributed by atoms with Crippen LogP contribution in [0.15, 0.2) is 30.5 Å². The molecule has 0 spiro atoms. The lowest BCUT2D eigenvalue weighted by Gasteiger charge is -2.25. The smallest absolute Gasteiger partial charge is 0.271 e. The topological polar surface area (TPSA) is 90.0 Å². The molecule has 1 aromatic carbocycles. The van der Waals surface area contributed by atoms with Crippen LogP contribution in [-0.4, -0.2) is 48.9 Å². The lowest BCUT2D eigenvalue weighted by molar-refractivity contribution is -0.130. The monoisotopic (exact) mass is 403 g/mol. The molecule has 28 heavy (non-hydrogen) atoms. The molecule has 9 heteroatoms. The number of nitrogens with zero attached hydrogens (tertiary/aromatic N) is 2. The van der Waals surface area contributed by atoms with Crippen molar-refractivity contribution in [2.45, 2.75) is 12.3 Å². The van der Waals surface area contributed by atoms with Crippen LogP contribution in [0.25, 0.3) is 0 Å². The molecular weight excluding hydrogens is 382 g/mol. The number of rotatable bonds is 6. The maximum absolute atomic E-state index is 12.6. The molecule has 0 saturated carbocycles. The lowest BCUT2D eigenvalue weighted by Crippen LogP contribution is -2.44. The number of hydrazine groups is 1. The summed E-state index contributed by atoms with van der Waals surface area (Å²) in [6.45, 7) is 1.84. The number of hydrogen-bond donors (Lipinski definition) is 1. The number of thioether (sulfide) groups is 1. The number of aryl methyl sites for hydroxylation is 1. The van der Waals surface area contributed by atoms with E-state index in [2.05, 4.69) is 10.4 Å². The molecule has 1 N–H and O–H groups in total. The molecule has 3 rings (SSSR count).